The van der Waals surface area contributed by atoms with E-state index in [4.69, 9.17) is 0 Å². The number of carbonyl (C=O) groups is 2. The molecular weight excluding hydrogens is 593 g/mol. The summed E-state index contributed by atoms with van der Waals surface area (Å²) in [5.74, 6) is 0.957. The Morgan fingerprint density at radius 3 is 0.830 bits per heavy atom. The van der Waals surface area contributed by atoms with E-state index in [1.165, 1.54) is 45.1 Å². The first-order valence-corrected chi connectivity index (χ1v) is 17.5. The molecule has 0 atom stereocenters. The van der Waals surface area contributed by atoms with E-state index in [-0.39, 0.29) is 34.9 Å². The van der Waals surface area contributed by atoms with E-state index in [1.807, 2.05) is 0 Å². The molecule has 6 aliphatic carbocycles. The largest absolute Gasteiger partial charge is 0.297 e. The minimum Gasteiger partial charge on any atom is -0.297 e. The Morgan fingerprint density at radius 1 is 0.383 bits per heavy atom. The second-order valence-corrected chi connectivity index (χ2v) is 14.2. The predicted molar refractivity (Wildman–Crippen MR) is 188 cm³/mol. The number of ketones is 2. The van der Waals surface area contributed by atoms with E-state index in [0.717, 1.165) is 33.4 Å². The van der Waals surface area contributed by atoms with E-state index in [0.29, 0.717) is 0 Å². The summed E-state index contributed by atoms with van der Waals surface area (Å²) in [5.41, 5.74) is 12.0. The molecule has 0 radical (unpaired) electrons. The van der Waals surface area contributed by atoms with E-state index in [2.05, 4.69) is 146 Å². The predicted octanol–water partition coefficient (Wildman–Crippen LogP) is 8.54. The monoisotopic (exact) mass is 622 g/mol. The number of benzene rings is 6. The number of carbonyl (C=O) groups excluding carboxylic acids is 2. The van der Waals surface area contributed by atoms with Crippen molar-refractivity contribution in [1.29, 1.82) is 0 Å². The summed E-state index contributed by atoms with van der Waals surface area (Å²) in [6, 6.07) is 50.9. The third-order valence-electron chi connectivity index (χ3n) is 11.4. The Bertz CT molecular complexity index is 1920. The zero-order valence-electron chi connectivity index (χ0n) is 25.7. The van der Waals surface area contributed by atoms with Crippen LogP contribution < -0.4 is 0 Å². The van der Waals surface area contributed by atoms with Gasteiger partial charge < -0.3 is 0 Å². The minimum atomic E-state index is -0.901. The Morgan fingerprint density at radius 2 is 0.596 bits per heavy atom. The van der Waals surface area contributed by atoms with Crippen molar-refractivity contribution in [2.45, 2.75) is 22.7 Å². The molecule has 0 aliphatic heterocycles. The number of hydrogen-bond acceptors (Lipinski definition) is 3. The van der Waals surface area contributed by atoms with Crippen molar-refractivity contribution >= 4 is 23.3 Å². The molecule has 0 spiro atoms. The highest BCUT2D eigenvalue weighted by molar-refractivity contribution is 8.00. The molecular formula is C44H30O2S. The van der Waals surface area contributed by atoms with Gasteiger partial charge in [-0.05, 0) is 66.8 Å². The van der Waals surface area contributed by atoms with Gasteiger partial charge in [0.05, 0.1) is 11.5 Å². The topological polar surface area (TPSA) is 34.1 Å². The van der Waals surface area contributed by atoms with Gasteiger partial charge in [0.1, 0.15) is 10.8 Å². The maximum absolute atomic E-state index is 15.0. The van der Waals surface area contributed by atoms with Crippen LogP contribution in [0.1, 0.15) is 78.6 Å². The summed E-state index contributed by atoms with van der Waals surface area (Å²) in [6.45, 7) is 0. The van der Waals surface area contributed by atoms with Crippen molar-refractivity contribution in [2.75, 3.05) is 11.5 Å². The number of thioether (sulfide) groups is 1. The highest BCUT2D eigenvalue weighted by Crippen LogP contribution is 2.61. The smallest absolute Gasteiger partial charge is 0.162 e. The fourth-order valence-corrected chi connectivity index (χ4v) is 10.7. The first kappa shape index (κ1) is 27.2. The maximum Gasteiger partial charge on any atom is 0.162 e. The Labute approximate surface area is 278 Å². The molecule has 12 rings (SSSR count). The van der Waals surface area contributed by atoms with Crippen LogP contribution in [0.5, 0.6) is 0 Å². The summed E-state index contributed by atoms with van der Waals surface area (Å²) in [4.78, 5) is 30.1. The lowest BCUT2D eigenvalue weighted by atomic mass is 9.51. The molecule has 6 aromatic rings. The van der Waals surface area contributed by atoms with Crippen LogP contribution in [-0.4, -0.2) is 23.1 Å². The molecule has 0 fully saturated rings. The molecule has 47 heavy (non-hydrogen) atoms. The van der Waals surface area contributed by atoms with Crippen LogP contribution in [0.25, 0.3) is 0 Å². The lowest BCUT2D eigenvalue weighted by Gasteiger charge is -2.50. The molecule has 2 nitrogen and oxygen atoms in total. The van der Waals surface area contributed by atoms with Gasteiger partial charge >= 0.3 is 0 Å². The molecule has 0 saturated carbocycles. The summed E-state index contributed by atoms with van der Waals surface area (Å²) in [7, 11) is 0. The Balaban J connectivity index is 1.07. The van der Waals surface area contributed by atoms with Crippen LogP contribution in [0.4, 0.5) is 0 Å². The first-order valence-electron chi connectivity index (χ1n) is 16.4. The van der Waals surface area contributed by atoms with Crippen molar-refractivity contribution in [3.63, 3.8) is 0 Å². The molecule has 0 aromatic heterocycles. The average molecular weight is 623 g/mol. The second-order valence-electron chi connectivity index (χ2n) is 13.2. The third kappa shape index (κ3) is 3.23. The van der Waals surface area contributed by atoms with Crippen molar-refractivity contribution in [1.82, 2.24) is 0 Å². The summed E-state index contributed by atoms with van der Waals surface area (Å²) >= 11 is 1.47. The first-order chi connectivity index (χ1) is 23.2. The van der Waals surface area contributed by atoms with Crippen LogP contribution in [0, 0.1) is 0 Å². The van der Waals surface area contributed by atoms with Gasteiger partial charge in [-0.25, -0.2) is 0 Å². The van der Waals surface area contributed by atoms with Gasteiger partial charge in [-0.3, -0.25) is 9.59 Å². The van der Waals surface area contributed by atoms with Crippen molar-refractivity contribution in [3.8, 4) is 0 Å². The standard InChI is InChI=1S/C44H30O2S/c45-39(43-33-19-7-1-13-27(33)41(28-14-2-8-20-34(28)43)29-15-3-9-21-35(29)43)25-47-26-40(46)44-36-22-10-4-16-30(36)42(31-17-5-11-23-37(31)44)32-18-6-12-24-38(32)44/h1-24,41-42H,25-26H2. The van der Waals surface area contributed by atoms with Crippen LogP contribution >= 0.6 is 11.8 Å². The summed E-state index contributed by atoms with van der Waals surface area (Å²) in [6.07, 6.45) is 0. The van der Waals surface area contributed by atoms with Gasteiger partial charge in [0.25, 0.3) is 0 Å². The maximum atomic E-state index is 15.0. The average Bonchev–Trinajstić information content (AvgIpc) is 3.14. The SMILES string of the molecule is O=C(CSCC(=O)C12c3ccccc3C(c3ccccc31)c1ccccc12)C12c3ccccc3C(c3ccccc31)c1ccccc12. The normalized spacial score (nSPS) is 23.1. The van der Waals surface area contributed by atoms with Gasteiger partial charge in [0, 0.05) is 11.8 Å². The molecule has 0 N–H and O–H groups in total. The van der Waals surface area contributed by atoms with E-state index in [9.17, 15) is 0 Å². The van der Waals surface area contributed by atoms with Crippen molar-refractivity contribution in [3.05, 3.63) is 212 Å². The quantitative estimate of drug-likeness (QED) is 0.187. The van der Waals surface area contributed by atoms with Crippen LogP contribution in [0.15, 0.2) is 146 Å². The Kier molecular flexibility index (Phi) is 5.64. The fourth-order valence-electron chi connectivity index (χ4n) is 9.77. The number of rotatable bonds is 6. The van der Waals surface area contributed by atoms with Crippen LogP contribution in [-0.2, 0) is 20.4 Å². The van der Waals surface area contributed by atoms with Gasteiger partial charge in [-0.2, -0.15) is 0 Å². The Hall–Kier alpha value is -4.99. The molecule has 224 valence electrons. The molecule has 0 saturated heterocycles. The molecule has 0 heterocycles. The molecule has 6 aliphatic rings. The van der Waals surface area contributed by atoms with Gasteiger partial charge in [-0.1, -0.05) is 146 Å². The highest BCUT2D eigenvalue weighted by atomic mass is 32.2. The lowest BCUT2D eigenvalue weighted by molar-refractivity contribution is -0.120. The van der Waals surface area contributed by atoms with E-state index in [1.54, 1.807) is 0 Å². The minimum absolute atomic E-state index is 0.114. The zero-order chi connectivity index (χ0) is 31.3. The second kappa shape index (κ2) is 9.76. The zero-order valence-corrected chi connectivity index (χ0v) is 26.5. The molecule has 0 unspecified atom stereocenters. The molecule has 0 amide bonds. The summed E-state index contributed by atoms with van der Waals surface area (Å²) in [5, 5.41) is 0. The number of Topliss-reactive ketones (excluding diaryl/α,β-unsaturated/α-hetero) is 2. The van der Waals surface area contributed by atoms with Crippen LogP contribution in [0.3, 0.4) is 0 Å². The van der Waals surface area contributed by atoms with Crippen molar-refractivity contribution < 1.29 is 9.59 Å². The lowest BCUT2D eigenvalue weighted by Crippen LogP contribution is -2.49. The van der Waals surface area contributed by atoms with Gasteiger partial charge in [0.15, 0.2) is 11.6 Å². The van der Waals surface area contributed by atoms with Gasteiger partial charge in [-0.15, -0.1) is 11.8 Å². The summed E-state index contributed by atoms with van der Waals surface area (Å²) < 4.78 is 0. The molecule has 3 heteroatoms. The number of hydrogen-bond donors (Lipinski definition) is 0. The van der Waals surface area contributed by atoms with E-state index >= 15 is 9.59 Å². The highest BCUT2D eigenvalue weighted by Gasteiger charge is 2.57. The van der Waals surface area contributed by atoms with Crippen LogP contribution in [0.2, 0.25) is 0 Å². The van der Waals surface area contributed by atoms with E-state index < -0.39 is 10.8 Å². The van der Waals surface area contributed by atoms with Crippen molar-refractivity contribution in [2.24, 2.45) is 0 Å². The third-order valence-corrected chi connectivity index (χ3v) is 12.3. The fraction of sp³-hybridized carbons (Fsp3) is 0.136. The molecule has 4 bridgehead atoms. The van der Waals surface area contributed by atoms with Gasteiger partial charge in [0.2, 0.25) is 0 Å². The molecule has 6 aromatic carbocycles.